The van der Waals surface area contributed by atoms with Gasteiger partial charge >= 0.3 is 6.18 Å². The van der Waals surface area contributed by atoms with Crippen LogP contribution in [0.3, 0.4) is 0 Å². The second kappa shape index (κ2) is 6.66. The molecule has 118 valence electrons. The number of carbonyl (C=O) groups excluding carboxylic acids is 1. The van der Waals surface area contributed by atoms with E-state index in [1.54, 1.807) is 13.8 Å². The van der Waals surface area contributed by atoms with Crippen molar-refractivity contribution in [1.82, 2.24) is 4.90 Å². The van der Waals surface area contributed by atoms with E-state index in [0.717, 1.165) is 4.90 Å². The molecule has 0 bridgehead atoms. The van der Waals surface area contributed by atoms with E-state index >= 15 is 0 Å². The fourth-order valence-electron chi connectivity index (χ4n) is 1.91. The molecule has 1 N–H and O–H groups in total. The number of nitrogens with zero attached hydrogens (tertiary/aromatic N) is 1. The van der Waals surface area contributed by atoms with Crippen molar-refractivity contribution >= 4 is 17.4 Å². The first-order valence-corrected chi connectivity index (χ1v) is 6.72. The van der Waals surface area contributed by atoms with Gasteiger partial charge in [0, 0.05) is 23.2 Å². The van der Waals surface area contributed by atoms with Crippen molar-refractivity contribution in [3.63, 3.8) is 0 Å². The van der Waals surface area contributed by atoms with Crippen LogP contribution in [-0.4, -0.2) is 34.6 Å². The Balaban J connectivity index is 3.12. The maximum absolute atomic E-state index is 12.6. The van der Waals surface area contributed by atoms with E-state index < -0.39 is 18.5 Å². The molecule has 0 amide bonds. The van der Waals surface area contributed by atoms with Gasteiger partial charge < -0.3 is 5.11 Å². The van der Waals surface area contributed by atoms with Gasteiger partial charge in [0.1, 0.15) is 5.75 Å². The molecule has 1 aromatic rings. The summed E-state index contributed by atoms with van der Waals surface area (Å²) in [6, 6.07) is 2.28. The van der Waals surface area contributed by atoms with Crippen molar-refractivity contribution in [2.75, 3.05) is 6.54 Å². The van der Waals surface area contributed by atoms with Gasteiger partial charge in [-0.2, -0.15) is 13.2 Å². The number of hydrogen-bond acceptors (Lipinski definition) is 3. The van der Waals surface area contributed by atoms with Gasteiger partial charge in [0.05, 0.1) is 12.1 Å². The van der Waals surface area contributed by atoms with E-state index in [1.165, 1.54) is 19.1 Å². The van der Waals surface area contributed by atoms with Crippen molar-refractivity contribution in [2.45, 2.75) is 39.5 Å². The van der Waals surface area contributed by atoms with Gasteiger partial charge in [0.2, 0.25) is 0 Å². The zero-order chi connectivity index (χ0) is 16.4. The molecular formula is C14H17ClF3NO2. The predicted molar refractivity (Wildman–Crippen MR) is 74.7 cm³/mol. The minimum absolute atomic E-state index is 0.00761. The third kappa shape index (κ3) is 5.21. The van der Waals surface area contributed by atoms with E-state index in [0.29, 0.717) is 0 Å². The van der Waals surface area contributed by atoms with Gasteiger partial charge in [-0.25, -0.2) is 0 Å². The molecular weight excluding hydrogens is 307 g/mol. The first-order chi connectivity index (χ1) is 9.51. The molecule has 0 radical (unpaired) electrons. The summed E-state index contributed by atoms with van der Waals surface area (Å²) in [4.78, 5) is 12.6. The topological polar surface area (TPSA) is 40.5 Å². The molecule has 0 spiro atoms. The zero-order valence-electron chi connectivity index (χ0n) is 12.0. The summed E-state index contributed by atoms with van der Waals surface area (Å²) in [6.45, 7) is 3.25. The number of phenols is 1. The Hall–Kier alpha value is -1.27. The van der Waals surface area contributed by atoms with Crippen LogP contribution in [0.5, 0.6) is 5.75 Å². The lowest BCUT2D eigenvalue weighted by Crippen LogP contribution is -2.38. The number of rotatable bonds is 5. The van der Waals surface area contributed by atoms with E-state index in [2.05, 4.69) is 0 Å². The summed E-state index contributed by atoms with van der Waals surface area (Å²) < 4.78 is 37.7. The summed E-state index contributed by atoms with van der Waals surface area (Å²) >= 11 is 5.86. The van der Waals surface area contributed by atoms with Crippen LogP contribution < -0.4 is 0 Å². The van der Waals surface area contributed by atoms with Crippen LogP contribution in [0, 0.1) is 0 Å². The Morgan fingerprint density at radius 1 is 1.38 bits per heavy atom. The van der Waals surface area contributed by atoms with Crippen LogP contribution in [-0.2, 0) is 6.54 Å². The largest absolute Gasteiger partial charge is 0.507 e. The summed E-state index contributed by atoms with van der Waals surface area (Å²) in [5.74, 6) is -0.720. The number of benzene rings is 1. The second-order valence-corrected chi connectivity index (χ2v) is 5.57. The summed E-state index contributed by atoms with van der Waals surface area (Å²) in [6.07, 6.45) is -4.35. The van der Waals surface area contributed by atoms with Crippen molar-refractivity contribution < 1.29 is 23.1 Å². The number of phenolic OH excluding ortho intramolecular Hbond substituents is 1. The van der Waals surface area contributed by atoms with E-state index in [1.807, 2.05) is 0 Å². The van der Waals surface area contributed by atoms with Crippen molar-refractivity contribution in [1.29, 1.82) is 0 Å². The molecule has 21 heavy (non-hydrogen) atoms. The van der Waals surface area contributed by atoms with Gasteiger partial charge in [0.15, 0.2) is 5.78 Å². The number of Topliss-reactive ketones (excluding diaryl/α,β-unsaturated/α-hetero) is 1. The molecule has 1 aromatic carbocycles. The highest BCUT2D eigenvalue weighted by atomic mass is 35.5. The zero-order valence-corrected chi connectivity index (χ0v) is 12.7. The van der Waals surface area contributed by atoms with E-state index in [-0.39, 0.29) is 34.5 Å². The number of ketones is 1. The average molecular weight is 324 g/mol. The highest BCUT2D eigenvalue weighted by Crippen LogP contribution is 2.30. The third-order valence-electron chi connectivity index (χ3n) is 3.02. The molecule has 0 aliphatic carbocycles. The molecule has 0 saturated carbocycles. The molecule has 3 nitrogen and oxygen atoms in total. The number of carbonyl (C=O) groups is 1. The van der Waals surface area contributed by atoms with Crippen molar-refractivity contribution in [2.24, 2.45) is 0 Å². The Labute approximate surface area is 126 Å². The van der Waals surface area contributed by atoms with Gasteiger partial charge in [-0.05, 0) is 32.9 Å². The van der Waals surface area contributed by atoms with Gasteiger partial charge in [-0.1, -0.05) is 11.6 Å². The Morgan fingerprint density at radius 2 is 1.95 bits per heavy atom. The Kier molecular flexibility index (Phi) is 5.64. The minimum atomic E-state index is -4.35. The molecule has 0 aliphatic heterocycles. The quantitative estimate of drug-likeness (QED) is 0.832. The van der Waals surface area contributed by atoms with Crippen LogP contribution in [0.1, 0.15) is 36.7 Å². The molecule has 0 unspecified atom stereocenters. The SMILES string of the molecule is CC(=O)c1cc(Cl)cc(CN(CC(F)(F)F)C(C)C)c1O. The predicted octanol–water partition coefficient (Wildman–Crippen LogP) is 4.02. The highest BCUT2D eigenvalue weighted by Gasteiger charge is 2.32. The Morgan fingerprint density at radius 3 is 2.38 bits per heavy atom. The highest BCUT2D eigenvalue weighted by molar-refractivity contribution is 6.31. The maximum atomic E-state index is 12.6. The smallest absolute Gasteiger partial charge is 0.401 e. The first-order valence-electron chi connectivity index (χ1n) is 6.34. The number of halogens is 4. The van der Waals surface area contributed by atoms with Gasteiger partial charge in [0.25, 0.3) is 0 Å². The molecule has 0 atom stereocenters. The third-order valence-corrected chi connectivity index (χ3v) is 3.24. The van der Waals surface area contributed by atoms with Crippen LogP contribution >= 0.6 is 11.6 Å². The molecule has 0 aliphatic rings. The normalized spacial score (nSPS) is 12.2. The molecule has 1 rings (SSSR count). The average Bonchev–Trinajstić information content (AvgIpc) is 2.30. The lowest BCUT2D eigenvalue weighted by molar-refractivity contribution is -0.150. The summed E-state index contributed by atoms with van der Waals surface area (Å²) in [7, 11) is 0. The second-order valence-electron chi connectivity index (χ2n) is 5.13. The minimum Gasteiger partial charge on any atom is -0.507 e. The van der Waals surface area contributed by atoms with Gasteiger partial charge in [-0.3, -0.25) is 9.69 Å². The van der Waals surface area contributed by atoms with Crippen LogP contribution in [0.4, 0.5) is 13.2 Å². The number of alkyl halides is 3. The number of aromatic hydroxyl groups is 1. The van der Waals surface area contributed by atoms with Crippen molar-refractivity contribution in [3.05, 3.63) is 28.3 Å². The molecule has 0 fully saturated rings. The summed E-state index contributed by atoms with van der Waals surface area (Å²) in [5, 5.41) is 10.2. The van der Waals surface area contributed by atoms with Crippen LogP contribution in [0.15, 0.2) is 12.1 Å². The lowest BCUT2D eigenvalue weighted by atomic mass is 10.0. The van der Waals surface area contributed by atoms with E-state index in [9.17, 15) is 23.1 Å². The van der Waals surface area contributed by atoms with E-state index in [4.69, 9.17) is 11.6 Å². The monoisotopic (exact) mass is 323 g/mol. The molecule has 0 saturated heterocycles. The van der Waals surface area contributed by atoms with Crippen LogP contribution in [0.2, 0.25) is 5.02 Å². The first kappa shape index (κ1) is 17.8. The maximum Gasteiger partial charge on any atom is 0.401 e. The van der Waals surface area contributed by atoms with Gasteiger partial charge in [-0.15, -0.1) is 0 Å². The molecule has 0 heterocycles. The lowest BCUT2D eigenvalue weighted by Gasteiger charge is -2.28. The van der Waals surface area contributed by atoms with Crippen molar-refractivity contribution in [3.8, 4) is 5.75 Å². The fraction of sp³-hybridized carbons (Fsp3) is 0.500. The standard InChI is InChI=1S/C14H17ClF3NO2/c1-8(2)19(7-14(16,17)18)6-10-4-11(15)5-12(9(3)20)13(10)21/h4-5,8,21H,6-7H2,1-3H3. The Bertz CT molecular complexity index is 530. The number of hydrogen-bond donors (Lipinski definition) is 1. The van der Waals surface area contributed by atoms with Crippen LogP contribution in [0.25, 0.3) is 0 Å². The summed E-state index contributed by atoms with van der Waals surface area (Å²) in [5.41, 5.74) is 0.207. The molecule has 7 heteroatoms. The fourth-order valence-corrected chi connectivity index (χ4v) is 2.16. The molecule has 0 aromatic heterocycles.